The van der Waals surface area contributed by atoms with E-state index in [1.54, 1.807) is 25.1 Å². The van der Waals surface area contributed by atoms with Crippen LogP contribution in [0.5, 0.6) is 11.5 Å². The molecule has 1 aromatic carbocycles. The number of nitrogens with one attached hydrogen (secondary N) is 2. The zero-order valence-corrected chi connectivity index (χ0v) is 21.6. The number of allylic oxidation sites excluding steroid dienone is 3. The van der Waals surface area contributed by atoms with Gasteiger partial charge in [0.15, 0.2) is 11.5 Å². The smallest absolute Gasteiger partial charge is 0.339 e. The van der Waals surface area contributed by atoms with Crippen molar-refractivity contribution in [1.82, 2.24) is 10.6 Å². The monoisotopic (exact) mass is 513 g/mol. The average Bonchev–Trinajstić information content (AvgIpc) is 2.88. The number of amides is 1. The number of carboxylic acids is 1. The number of hydrogen-bond acceptors (Lipinski definition) is 8. The lowest BCUT2D eigenvalue weighted by molar-refractivity contribution is -0.132. The van der Waals surface area contributed by atoms with Crippen LogP contribution in [0.4, 0.5) is 0 Å². The van der Waals surface area contributed by atoms with Gasteiger partial charge in [-0.05, 0) is 50.1 Å². The fourth-order valence-electron chi connectivity index (χ4n) is 4.42. The number of aliphatic hydroxyl groups excluding tert-OH is 1. The number of nitrogens with two attached hydrogens (primary N) is 1. The second kappa shape index (κ2) is 12.0. The third kappa shape index (κ3) is 5.81. The first kappa shape index (κ1) is 27.8. The predicted octanol–water partition coefficient (Wildman–Crippen LogP) is 2.37. The molecule has 1 aliphatic heterocycles. The SMILES string of the molecule is CCC(COC1(CC)C=CC=C2NC(C)=C(C(=O)O)C(N)=C21)NC(=O)c1ccc(OCCO)c(OC)c1. The van der Waals surface area contributed by atoms with Crippen LogP contribution in [-0.4, -0.2) is 60.7 Å². The standard InChI is InChI=1S/C27H35N3O7/c1-5-18(30-25(32)17-9-10-20(36-13-12-31)21(14-17)35-4)15-37-27(6-2)11-7-8-19-23(27)24(28)22(26(33)34)16(3)29-19/h7-11,14,18,29,31H,5-6,12-13,15,28H2,1-4H3,(H,30,32)(H,33,34). The molecule has 0 bridgehead atoms. The summed E-state index contributed by atoms with van der Waals surface area (Å²) in [7, 11) is 1.48. The van der Waals surface area contributed by atoms with Crippen molar-refractivity contribution >= 4 is 11.9 Å². The zero-order chi connectivity index (χ0) is 27.2. The van der Waals surface area contributed by atoms with E-state index in [9.17, 15) is 14.7 Å². The largest absolute Gasteiger partial charge is 0.493 e. The summed E-state index contributed by atoms with van der Waals surface area (Å²) in [5, 5.41) is 24.8. The van der Waals surface area contributed by atoms with Gasteiger partial charge in [-0.15, -0.1) is 0 Å². The number of carboxylic acid groups (broad SMARTS) is 1. The highest BCUT2D eigenvalue weighted by atomic mass is 16.5. The highest BCUT2D eigenvalue weighted by molar-refractivity contribution is 5.95. The molecule has 1 heterocycles. The second-order valence-electron chi connectivity index (χ2n) is 8.73. The first-order valence-corrected chi connectivity index (χ1v) is 12.2. The van der Waals surface area contributed by atoms with Gasteiger partial charge in [-0.25, -0.2) is 4.79 Å². The van der Waals surface area contributed by atoms with Gasteiger partial charge in [0.05, 0.1) is 32.1 Å². The maximum Gasteiger partial charge on any atom is 0.339 e. The number of ether oxygens (including phenoxy) is 3. The summed E-state index contributed by atoms with van der Waals surface area (Å²) in [5.74, 6) is -0.613. The number of aliphatic carboxylic acids is 1. The molecule has 0 radical (unpaired) electrons. The van der Waals surface area contributed by atoms with Gasteiger partial charge in [0.1, 0.15) is 17.8 Å². The number of fused-ring (bicyclic) bond motifs is 1. The molecule has 3 rings (SSSR count). The molecule has 1 amide bonds. The Balaban J connectivity index is 1.79. The Morgan fingerprint density at radius 2 is 2.00 bits per heavy atom. The molecule has 10 heteroatoms. The number of dihydropyridines is 1. The average molecular weight is 514 g/mol. The van der Waals surface area contributed by atoms with Gasteiger partial charge in [-0.1, -0.05) is 19.9 Å². The fourth-order valence-corrected chi connectivity index (χ4v) is 4.42. The van der Waals surface area contributed by atoms with Crippen molar-refractivity contribution in [2.75, 3.05) is 26.9 Å². The number of hydrogen-bond donors (Lipinski definition) is 5. The van der Waals surface area contributed by atoms with Gasteiger partial charge in [-0.2, -0.15) is 0 Å². The normalized spacial score (nSPS) is 19.5. The third-order valence-corrected chi connectivity index (χ3v) is 6.44. The molecule has 1 aromatic rings. The van der Waals surface area contributed by atoms with E-state index in [4.69, 9.17) is 25.1 Å². The van der Waals surface area contributed by atoms with E-state index < -0.39 is 11.6 Å². The zero-order valence-electron chi connectivity index (χ0n) is 21.6. The van der Waals surface area contributed by atoms with Crippen LogP contribution in [0, 0.1) is 0 Å². The van der Waals surface area contributed by atoms with E-state index >= 15 is 0 Å². The number of aliphatic hydroxyl groups is 1. The van der Waals surface area contributed by atoms with Crippen molar-refractivity contribution in [3.8, 4) is 11.5 Å². The van der Waals surface area contributed by atoms with Gasteiger partial charge >= 0.3 is 5.97 Å². The number of methoxy groups -OCH3 is 1. The quantitative estimate of drug-likeness (QED) is 0.284. The minimum atomic E-state index is -1.12. The molecule has 37 heavy (non-hydrogen) atoms. The molecule has 0 saturated heterocycles. The number of carbonyl (C=O) groups excluding carboxylic acids is 1. The Morgan fingerprint density at radius 3 is 2.62 bits per heavy atom. The van der Waals surface area contributed by atoms with Crippen molar-refractivity contribution < 1.29 is 34.0 Å². The summed E-state index contributed by atoms with van der Waals surface area (Å²) in [6.07, 6.45) is 6.65. The van der Waals surface area contributed by atoms with Crippen molar-refractivity contribution in [3.63, 3.8) is 0 Å². The van der Waals surface area contributed by atoms with Crippen molar-refractivity contribution in [3.05, 3.63) is 70.2 Å². The summed E-state index contributed by atoms with van der Waals surface area (Å²) in [6.45, 7) is 5.69. The summed E-state index contributed by atoms with van der Waals surface area (Å²) in [5.41, 5.74) is 7.71. The Morgan fingerprint density at radius 1 is 1.24 bits per heavy atom. The Bertz CT molecular complexity index is 1170. The number of carbonyl (C=O) groups is 2. The highest BCUT2D eigenvalue weighted by Gasteiger charge is 2.41. The van der Waals surface area contributed by atoms with Crippen LogP contribution >= 0.6 is 0 Å². The van der Waals surface area contributed by atoms with Crippen molar-refractivity contribution in [2.45, 2.75) is 45.3 Å². The summed E-state index contributed by atoms with van der Waals surface area (Å²) < 4.78 is 17.2. The molecule has 0 spiro atoms. The fraction of sp³-hybridized carbons (Fsp3) is 0.407. The number of benzene rings is 1. The van der Waals surface area contributed by atoms with Gasteiger partial charge in [0.2, 0.25) is 0 Å². The molecule has 6 N–H and O–H groups in total. The first-order valence-electron chi connectivity index (χ1n) is 12.2. The van der Waals surface area contributed by atoms with Crippen LogP contribution in [0.25, 0.3) is 0 Å². The lowest BCUT2D eigenvalue weighted by Crippen LogP contribution is -2.46. The van der Waals surface area contributed by atoms with E-state index in [1.807, 2.05) is 32.1 Å². The topological polar surface area (TPSA) is 152 Å². The molecule has 2 unspecified atom stereocenters. The molecule has 0 fully saturated rings. The second-order valence-corrected chi connectivity index (χ2v) is 8.73. The molecular formula is C27H35N3O7. The van der Waals surface area contributed by atoms with Crippen molar-refractivity contribution in [1.29, 1.82) is 0 Å². The molecular weight excluding hydrogens is 478 g/mol. The minimum Gasteiger partial charge on any atom is -0.493 e. The minimum absolute atomic E-state index is 0.0181. The molecule has 1 aliphatic carbocycles. The van der Waals surface area contributed by atoms with Crippen LogP contribution in [-0.2, 0) is 9.53 Å². The Hall–Kier alpha value is -3.76. The van der Waals surface area contributed by atoms with Gasteiger partial charge in [-0.3, -0.25) is 4.79 Å². The van der Waals surface area contributed by atoms with Crippen molar-refractivity contribution in [2.24, 2.45) is 5.73 Å². The van der Waals surface area contributed by atoms with Gasteiger partial charge < -0.3 is 40.8 Å². The summed E-state index contributed by atoms with van der Waals surface area (Å²) in [4.78, 5) is 24.9. The van der Waals surface area contributed by atoms with E-state index in [-0.39, 0.29) is 43.0 Å². The molecule has 0 aromatic heterocycles. The summed E-state index contributed by atoms with van der Waals surface area (Å²) in [6, 6.07) is 4.48. The van der Waals surface area contributed by atoms with Crippen LogP contribution < -0.4 is 25.8 Å². The molecule has 200 valence electrons. The van der Waals surface area contributed by atoms with E-state index in [0.717, 1.165) is 0 Å². The summed E-state index contributed by atoms with van der Waals surface area (Å²) >= 11 is 0. The van der Waals surface area contributed by atoms with Crippen LogP contribution in [0.3, 0.4) is 0 Å². The highest BCUT2D eigenvalue weighted by Crippen LogP contribution is 2.40. The van der Waals surface area contributed by atoms with Crippen LogP contribution in [0.15, 0.2) is 64.7 Å². The Kier molecular flexibility index (Phi) is 9.01. The lowest BCUT2D eigenvalue weighted by atomic mass is 9.80. The van der Waals surface area contributed by atoms with E-state index in [0.29, 0.717) is 46.9 Å². The third-order valence-electron chi connectivity index (χ3n) is 6.44. The maximum atomic E-state index is 13.0. The Labute approximate surface area is 216 Å². The maximum absolute atomic E-state index is 13.0. The van der Waals surface area contributed by atoms with E-state index in [1.165, 1.54) is 7.11 Å². The van der Waals surface area contributed by atoms with E-state index in [2.05, 4.69) is 10.6 Å². The predicted molar refractivity (Wildman–Crippen MR) is 138 cm³/mol. The van der Waals surface area contributed by atoms with Gasteiger partial charge in [0, 0.05) is 22.5 Å². The molecule has 2 aliphatic rings. The molecule has 2 atom stereocenters. The number of rotatable bonds is 12. The van der Waals surface area contributed by atoms with Crippen LogP contribution in [0.2, 0.25) is 0 Å². The van der Waals surface area contributed by atoms with Crippen LogP contribution in [0.1, 0.15) is 44.0 Å². The molecule has 0 saturated carbocycles. The van der Waals surface area contributed by atoms with Gasteiger partial charge in [0.25, 0.3) is 5.91 Å². The first-order chi connectivity index (χ1) is 17.7. The molecule has 10 nitrogen and oxygen atoms in total. The lowest BCUT2D eigenvalue weighted by Gasteiger charge is -2.40.